The molecular formula is C11H12BrF2NO5S. The van der Waals surface area contributed by atoms with Gasteiger partial charge in [-0.3, -0.25) is 0 Å². The van der Waals surface area contributed by atoms with Gasteiger partial charge in [0.05, 0.1) is 10.5 Å². The van der Waals surface area contributed by atoms with Gasteiger partial charge in [-0.15, -0.1) is 0 Å². The Morgan fingerprint density at radius 1 is 1.43 bits per heavy atom. The second kappa shape index (κ2) is 6.77. The lowest BCUT2D eigenvalue weighted by Gasteiger charge is -2.14. The molecule has 0 aliphatic rings. The zero-order chi connectivity index (χ0) is 16.4. The van der Waals surface area contributed by atoms with Crippen LogP contribution in [0, 0.1) is 6.92 Å². The lowest BCUT2D eigenvalue weighted by molar-refractivity contribution is -0.000452. The quantitative estimate of drug-likeness (QED) is 0.683. The first kappa shape index (κ1) is 18.0. The van der Waals surface area contributed by atoms with Gasteiger partial charge in [0, 0.05) is 11.0 Å². The molecule has 0 saturated carbocycles. The van der Waals surface area contributed by atoms with E-state index in [0.717, 1.165) is 6.07 Å². The molecule has 1 atom stereocenters. The van der Waals surface area contributed by atoms with Gasteiger partial charge in [0.25, 0.3) is 6.43 Å². The molecular weight excluding hydrogens is 376 g/mol. The number of alkyl halides is 2. The summed E-state index contributed by atoms with van der Waals surface area (Å²) in [5, 5.41) is 17.8. The normalized spacial score (nSPS) is 13.4. The average Bonchev–Trinajstić information content (AvgIpc) is 2.38. The van der Waals surface area contributed by atoms with Gasteiger partial charge >= 0.3 is 5.97 Å². The molecule has 0 bridgehead atoms. The number of sulfonamides is 1. The first-order chi connectivity index (χ1) is 9.56. The Balaban J connectivity index is 3.16. The summed E-state index contributed by atoms with van der Waals surface area (Å²) in [6.07, 6.45) is -5.24. The van der Waals surface area contributed by atoms with Crippen molar-refractivity contribution in [3.05, 3.63) is 27.7 Å². The maximum Gasteiger partial charge on any atom is 0.335 e. The molecule has 1 rings (SSSR count). The third kappa shape index (κ3) is 4.43. The maximum absolute atomic E-state index is 12.1. The van der Waals surface area contributed by atoms with Crippen molar-refractivity contribution in [2.45, 2.75) is 24.3 Å². The van der Waals surface area contributed by atoms with Crippen molar-refractivity contribution in [1.82, 2.24) is 4.72 Å². The molecule has 1 aromatic rings. The monoisotopic (exact) mass is 387 g/mol. The topological polar surface area (TPSA) is 104 Å². The summed E-state index contributed by atoms with van der Waals surface area (Å²) in [5.41, 5.74) is -0.0544. The molecule has 0 fully saturated rings. The summed E-state index contributed by atoms with van der Waals surface area (Å²) in [7, 11) is -4.23. The molecule has 1 unspecified atom stereocenters. The third-order valence-corrected chi connectivity index (χ3v) is 4.98. The van der Waals surface area contributed by atoms with E-state index in [1.165, 1.54) is 13.0 Å². The van der Waals surface area contributed by atoms with Gasteiger partial charge in [0.1, 0.15) is 6.10 Å². The van der Waals surface area contributed by atoms with Gasteiger partial charge in [0.15, 0.2) is 0 Å². The molecule has 0 aliphatic carbocycles. The van der Waals surface area contributed by atoms with Gasteiger partial charge in [-0.05, 0) is 24.6 Å². The van der Waals surface area contributed by atoms with Crippen LogP contribution in [0.4, 0.5) is 8.78 Å². The van der Waals surface area contributed by atoms with Crippen LogP contribution in [0.25, 0.3) is 0 Å². The Kier molecular flexibility index (Phi) is 5.79. The molecule has 1 aromatic carbocycles. The zero-order valence-electron chi connectivity index (χ0n) is 10.7. The minimum atomic E-state index is -4.23. The van der Waals surface area contributed by atoms with E-state index in [1.807, 2.05) is 4.72 Å². The van der Waals surface area contributed by atoms with Crippen molar-refractivity contribution in [1.29, 1.82) is 0 Å². The summed E-state index contributed by atoms with van der Waals surface area (Å²) in [6, 6.07) is 2.14. The largest absolute Gasteiger partial charge is 0.478 e. The number of aromatic carboxylic acids is 1. The van der Waals surface area contributed by atoms with E-state index < -0.39 is 35.1 Å². The predicted molar refractivity (Wildman–Crippen MR) is 73.0 cm³/mol. The van der Waals surface area contributed by atoms with Gasteiger partial charge < -0.3 is 10.2 Å². The summed E-state index contributed by atoms with van der Waals surface area (Å²) < 4.78 is 50.4. The molecule has 0 amide bonds. The molecule has 0 aliphatic heterocycles. The number of aliphatic hydroxyl groups excluding tert-OH is 1. The van der Waals surface area contributed by atoms with Gasteiger partial charge in [0.2, 0.25) is 10.0 Å². The third-order valence-electron chi connectivity index (χ3n) is 2.61. The van der Waals surface area contributed by atoms with Gasteiger partial charge in [-0.2, -0.15) is 0 Å². The fourth-order valence-electron chi connectivity index (χ4n) is 1.42. The smallest absolute Gasteiger partial charge is 0.335 e. The van der Waals surface area contributed by atoms with E-state index in [9.17, 15) is 22.0 Å². The minimum Gasteiger partial charge on any atom is -0.478 e. The van der Waals surface area contributed by atoms with Crippen molar-refractivity contribution < 1.29 is 32.2 Å². The highest BCUT2D eigenvalue weighted by molar-refractivity contribution is 9.10. The van der Waals surface area contributed by atoms with Crippen LogP contribution in [-0.2, 0) is 10.0 Å². The fraction of sp³-hybridized carbons (Fsp3) is 0.364. The fourth-order valence-corrected chi connectivity index (χ4v) is 3.35. The number of hydrogen-bond acceptors (Lipinski definition) is 4. The van der Waals surface area contributed by atoms with Gasteiger partial charge in [-0.1, -0.05) is 15.9 Å². The Hall–Kier alpha value is -1.10. The van der Waals surface area contributed by atoms with Crippen LogP contribution in [0.15, 0.2) is 21.5 Å². The molecule has 0 aromatic heterocycles. The second-order valence-electron chi connectivity index (χ2n) is 4.14. The number of hydrogen-bond donors (Lipinski definition) is 3. The van der Waals surface area contributed by atoms with Crippen LogP contribution in [-0.4, -0.2) is 43.7 Å². The van der Waals surface area contributed by atoms with Crippen molar-refractivity contribution >= 4 is 31.9 Å². The molecule has 21 heavy (non-hydrogen) atoms. The highest BCUT2D eigenvalue weighted by Crippen LogP contribution is 2.25. The van der Waals surface area contributed by atoms with Crippen LogP contribution in [0.1, 0.15) is 15.9 Å². The SMILES string of the molecule is Cc1c(Br)cc(C(=O)O)cc1S(=O)(=O)NCC(O)C(F)F. The Morgan fingerprint density at radius 2 is 2.00 bits per heavy atom. The van der Waals surface area contributed by atoms with Crippen LogP contribution in [0.2, 0.25) is 0 Å². The Labute approximate surface area is 128 Å². The average molecular weight is 388 g/mol. The number of carbonyl (C=O) groups is 1. The second-order valence-corrected chi connectivity index (χ2v) is 6.73. The van der Waals surface area contributed by atoms with E-state index in [-0.39, 0.29) is 20.5 Å². The molecule has 118 valence electrons. The number of aliphatic hydroxyl groups is 1. The Morgan fingerprint density at radius 3 is 2.48 bits per heavy atom. The van der Waals surface area contributed by atoms with Crippen molar-refractivity contribution in [3.8, 4) is 0 Å². The highest BCUT2D eigenvalue weighted by Gasteiger charge is 2.24. The van der Waals surface area contributed by atoms with Crippen LogP contribution < -0.4 is 4.72 Å². The van der Waals surface area contributed by atoms with E-state index in [1.54, 1.807) is 0 Å². The summed E-state index contributed by atoms with van der Waals surface area (Å²) in [5.74, 6) is -1.33. The molecule has 3 N–H and O–H groups in total. The lowest BCUT2D eigenvalue weighted by atomic mass is 10.1. The zero-order valence-corrected chi connectivity index (χ0v) is 13.1. The van der Waals surface area contributed by atoms with Crippen molar-refractivity contribution in [2.24, 2.45) is 0 Å². The van der Waals surface area contributed by atoms with E-state index in [0.29, 0.717) is 0 Å². The standard InChI is InChI=1S/C11H12BrF2NO5S/c1-5-7(12)2-6(11(17)18)3-9(5)21(19,20)15-4-8(16)10(13)14/h2-3,8,10,15-16H,4H2,1H3,(H,17,18). The molecule has 0 spiro atoms. The predicted octanol–water partition coefficient (Wildman–Crippen LogP) is 1.36. The molecule has 0 heterocycles. The van der Waals surface area contributed by atoms with Crippen LogP contribution >= 0.6 is 15.9 Å². The number of rotatable bonds is 6. The summed E-state index contributed by atoms with van der Waals surface area (Å²) in [4.78, 5) is 10.6. The number of benzene rings is 1. The summed E-state index contributed by atoms with van der Waals surface area (Å²) >= 11 is 3.04. The van der Waals surface area contributed by atoms with Crippen molar-refractivity contribution in [2.75, 3.05) is 6.54 Å². The van der Waals surface area contributed by atoms with Crippen molar-refractivity contribution in [3.63, 3.8) is 0 Å². The van der Waals surface area contributed by atoms with E-state index in [4.69, 9.17) is 10.2 Å². The summed E-state index contributed by atoms with van der Waals surface area (Å²) in [6.45, 7) is 0.544. The first-order valence-electron chi connectivity index (χ1n) is 5.55. The first-order valence-corrected chi connectivity index (χ1v) is 7.83. The van der Waals surface area contributed by atoms with E-state index >= 15 is 0 Å². The number of carboxylic acid groups (broad SMARTS) is 1. The van der Waals surface area contributed by atoms with E-state index in [2.05, 4.69) is 15.9 Å². The molecule has 0 radical (unpaired) electrons. The van der Waals surface area contributed by atoms with Gasteiger partial charge in [-0.25, -0.2) is 26.7 Å². The maximum atomic E-state index is 12.1. The molecule has 0 saturated heterocycles. The number of carboxylic acids is 1. The Bertz CT molecular complexity index is 650. The number of nitrogens with one attached hydrogen (secondary N) is 1. The molecule has 10 heteroatoms. The number of halogens is 3. The lowest BCUT2D eigenvalue weighted by Crippen LogP contribution is -2.36. The highest BCUT2D eigenvalue weighted by atomic mass is 79.9. The minimum absolute atomic E-state index is 0.221. The molecule has 6 nitrogen and oxygen atoms in total. The van der Waals surface area contributed by atoms with Crippen LogP contribution in [0.5, 0.6) is 0 Å². The van der Waals surface area contributed by atoms with Crippen LogP contribution in [0.3, 0.4) is 0 Å².